The van der Waals surface area contributed by atoms with Gasteiger partial charge in [-0.15, -0.1) is 0 Å². The molecular formula is C10H12N2O2. The lowest BCUT2D eigenvalue weighted by molar-refractivity contribution is 0.111. The summed E-state index contributed by atoms with van der Waals surface area (Å²) in [5, 5.41) is 2.95. The summed E-state index contributed by atoms with van der Waals surface area (Å²) < 4.78 is 5.56. The predicted molar refractivity (Wildman–Crippen MR) is 52.8 cm³/mol. The van der Waals surface area contributed by atoms with Crippen molar-refractivity contribution < 1.29 is 9.53 Å². The normalized spacial score (nSPS) is 14.9. The number of nitrogens with one attached hydrogen (secondary N) is 1. The smallest absolute Gasteiger partial charge is 0.172 e. The summed E-state index contributed by atoms with van der Waals surface area (Å²) in [5.74, 6) is 0.578. The standard InChI is InChI=1S/C10H12N2O2/c1-11-7-4-10(14-8-2-3-8)9(6-13)12-5-7/h4-6,8,11H,2-3H2,1H3. The molecule has 0 spiro atoms. The highest BCUT2D eigenvalue weighted by molar-refractivity contribution is 5.77. The molecule has 2 rings (SSSR count). The lowest BCUT2D eigenvalue weighted by Gasteiger charge is -2.08. The minimum atomic E-state index is 0.280. The molecule has 0 radical (unpaired) electrons. The number of pyridine rings is 1. The minimum Gasteiger partial charge on any atom is -0.488 e. The maximum Gasteiger partial charge on any atom is 0.172 e. The number of rotatable bonds is 4. The van der Waals surface area contributed by atoms with Crippen LogP contribution in [0.4, 0.5) is 5.69 Å². The Labute approximate surface area is 82.3 Å². The van der Waals surface area contributed by atoms with Gasteiger partial charge in [0.2, 0.25) is 0 Å². The molecule has 1 aliphatic carbocycles. The molecule has 1 aromatic rings. The number of hydrogen-bond donors (Lipinski definition) is 1. The van der Waals surface area contributed by atoms with Crippen LogP contribution in [0.25, 0.3) is 0 Å². The highest BCUT2D eigenvalue weighted by Crippen LogP contribution is 2.29. The molecule has 1 fully saturated rings. The van der Waals surface area contributed by atoms with Crippen molar-refractivity contribution in [1.82, 2.24) is 4.98 Å². The van der Waals surface area contributed by atoms with E-state index in [4.69, 9.17) is 4.74 Å². The maximum absolute atomic E-state index is 10.7. The van der Waals surface area contributed by atoms with Crippen LogP contribution in [0.1, 0.15) is 23.3 Å². The Kier molecular flexibility index (Phi) is 2.35. The molecule has 0 aromatic carbocycles. The van der Waals surface area contributed by atoms with Gasteiger partial charge in [-0.2, -0.15) is 0 Å². The molecular weight excluding hydrogens is 180 g/mol. The van der Waals surface area contributed by atoms with Gasteiger partial charge in [0.1, 0.15) is 5.69 Å². The fourth-order valence-electron chi connectivity index (χ4n) is 1.14. The van der Waals surface area contributed by atoms with Gasteiger partial charge in [-0.3, -0.25) is 4.79 Å². The molecule has 74 valence electrons. The summed E-state index contributed by atoms with van der Waals surface area (Å²) in [4.78, 5) is 14.7. The van der Waals surface area contributed by atoms with Gasteiger partial charge in [0, 0.05) is 13.1 Å². The van der Waals surface area contributed by atoms with E-state index in [-0.39, 0.29) is 6.10 Å². The van der Waals surface area contributed by atoms with Gasteiger partial charge in [-0.1, -0.05) is 0 Å². The average molecular weight is 192 g/mol. The molecule has 14 heavy (non-hydrogen) atoms. The Morgan fingerprint density at radius 3 is 3.00 bits per heavy atom. The van der Waals surface area contributed by atoms with Crippen molar-refractivity contribution in [1.29, 1.82) is 0 Å². The van der Waals surface area contributed by atoms with E-state index in [0.29, 0.717) is 11.4 Å². The summed E-state index contributed by atoms with van der Waals surface area (Å²) in [6.45, 7) is 0. The van der Waals surface area contributed by atoms with Gasteiger partial charge in [-0.25, -0.2) is 4.98 Å². The molecule has 0 saturated heterocycles. The summed E-state index contributed by atoms with van der Waals surface area (Å²) in [7, 11) is 1.80. The molecule has 0 amide bonds. The van der Waals surface area contributed by atoms with Crippen molar-refractivity contribution in [3.63, 3.8) is 0 Å². The van der Waals surface area contributed by atoms with Gasteiger partial charge in [0.05, 0.1) is 18.0 Å². The SMILES string of the molecule is CNc1cnc(C=O)c(OC2CC2)c1. The third kappa shape index (κ3) is 1.84. The monoisotopic (exact) mass is 192 g/mol. The molecule has 0 bridgehead atoms. The largest absolute Gasteiger partial charge is 0.488 e. The van der Waals surface area contributed by atoms with Crippen LogP contribution in [0.2, 0.25) is 0 Å². The van der Waals surface area contributed by atoms with Crippen molar-refractivity contribution in [2.24, 2.45) is 0 Å². The summed E-state index contributed by atoms with van der Waals surface area (Å²) in [6.07, 6.45) is 4.76. The molecule has 0 unspecified atom stereocenters. The first-order valence-electron chi connectivity index (χ1n) is 4.63. The molecule has 1 N–H and O–H groups in total. The van der Waals surface area contributed by atoms with E-state index in [0.717, 1.165) is 24.8 Å². The number of hydrogen-bond acceptors (Lipinski definition) is 4. The van der Waals surface area contributed by atoms with E-state index in [1.165, 1.54) is 0 Å². The highest BCUT2D eigenvalue weighted by atomic mass is 16.5. The zero-order valence-electron chi connectivity index (χ0n) is 7.99. The van der Waals surface area contributed by atoms with Crippen molar-refractivity contribution in [3.8, 4) is 5.75 Å². The second kappa shape index (κ2) is 3.65. The highest BCUT2D eigenvalue weighted by Gasteiger charge is 2.24. The lowest BCUT2D eigenvalue weighted by Crippen LogP contribution is -2.02. The Morgan fingerprint density at radius 1 is 1.64 bits per heavy atom. The van der Waals surface area contributed by atoms with Crippen molar-refractivity contribution >= 4 is 12.0 Å². The zero-order valence-corrected chi connectivity index (χ0v) is 7.99. The lowest BCUT2D eigenvalue weighted by atomic mass is 10.3. The molecule has 0 atom stereocenters. The number of carbonyl (C=O) groups excluding carboxylic acids is 1. The maximum atomic E-state index is 10.7. The van der Waals surface area contributed by atoms with E-state index in [9.17, 15) is 4.79 Å². The van der Waals surface area contributed by atoms with E-state index in [1.807, 2.05) is 0 Å². The van der Waals surface area contributed by atoms with Gasteiger partial charge >= 0.3 is 0 Å². The van der Waals surface area contributed by atoms with Crippen LogP contribution in [-0.4, -0.2) is 24.4 Å². The molecule has 1 saturated carbocycles. The van der Waals surface area contributed by atoms with Crippen LogP contribution in [-0.2, 0) is 0 Å². The molecule has 4 heteroatoms. The minimum absolute atomic E-state index is 0.280. The van der Waals surface area contributed by atoms with E-state index >= 15 is 0 Å². The fraction of sp³-hybridized carbons (Fsp3) is 0.400. The summed E-state index contributed by atoms with van der Waals surface area (Å²) in [5.41, 5.74) is 1.22. The van der Waals surface area contributed by atoms with Crippen LogP contribution in [0, 0.1) is 0 Å². The topological polar surface area (TPSA) is 51.2 Å². The molecule has 4 nitrogen and oxygen atoms in total. The summed E-state index contributed by atoms with van der Waals surface area (Å²) >= 11 is 0. The van der Waals surface area contributed by atoms with E-state index < -0.39 is 0 Å². The molecule has 1 aromatic heterocycles. The zero-order chi connectivity index (χ0) is 9.97. The van der Waals surface area contributed by atoms with Crippen molar-refractivity contribution in [3.05, 3.63) is 18.0 Å². The fourth-order valence-corrected chi connectivity index (χ4v) is 1.14. The summed E-state index contributed by atoms with van der Waals surface area (Å²) in [6, 6.07) is 1.80. The van der Waals surface area contributed by atoms with Crippen LogP contribution in [0.15, 0.2) is 12.3 Å². The van der Waals surface area contributed by atoms with Crippen LogP contribution < -0.4 is 10.1 Å². The third-order valence-electron chi connectivity index (χ3n) is 2.10. The van der Waals surface area contributed by atoms with Gasteiger partial charge in [-0.05, 0) is 12.8 Å². The molecule has 1 heterocycles. The van der Waals surface area contributed by atoms with Gasteiger partial charge in [0.15, 0.2) is 12.0 Å². The quantitative estimate of drug-likeness (QED) is 0.734. The molecule has 1 aliphatic rings. The number of aromatic nitrogens is 1. The van der Waals surface area contributed by atoms with Crippen LogP contribution >= 0.6 is 0 Å². The van der Waals surface area contributed by atoms with Crippen LogP contribution in [0.3, 0.4) is 0 Å². The second-order valence-corrected chi connectivity index (χ2v) is 3.29. The first kappa shape index (κ1) is 8.99. The third-order valence-corrected chi connectivity index (χ3v) is 2.10. The van der Waals surface area contributed by atoms with Crippen molar-refractivity contribution in [2.75, 3.05) is 12.4 Å². The number of aldehydes is 1. The first-order chi connectivity index (χ1) is 6.83. The Bertz CT molecular complexity index is 348. The first-order valence-corrected chi connectivity index (χ1v) is 4.63. The number of anilines is 1. The van der Waals surface area contributed by atoms with E-state index in [1.54, 1.807) is 19.3 Å². The number of nitrogens with zero attached hydrogens (tertiary/aromatic N) is 1. The average Bonchev–Trinajstić information content (AvgIpc) is 3.01. The molecule has 0 aliphatic heterocycles. The Hall–Kier alpha value is -1.58. The predicted octanol–water partition coefficient (Wildman–Crippen LogP) is 1.48. The number of ether oxygens (including phenoxy) is 1. The Morgan fingerprint density at radius 2 is 2.43 bits per heavy atom. The van der Waals surface area contributed by atoms with Gasteiger partial charge < -0.3 is 10.1 Å². The van der Waals surface area contributed by atoms with Crippen LogP contribution in [0.5, 0.6) is 5.75 Å². The van der Waals surface area contributed by atoms with Crippen molar-refractivity contribution in [2.45, 2.75) is 18.9 Å². The number of carbonyl (C=O) groups is 1. The van der Waals surface area contributed by atoms with E-state index in [2.05, 4.69) is 10.3 Å². The Balaban J connectivity index is 2.26. The van der Waals surface area contributed by atoms with Gasteiger partial charge in [0.25, 0.3) is 0 Å². The second-order valence-electron chi connectivity index (χ2n) is 3.29.